The van der Waals surface area contributed by atoms with Crippen molar-refractivity contribution in [1.82, 2.24) is 4.72 Å². The molecule has 0 aromatic heterocycles. The standard InChI is InChI=1S/C16H18N2O5S/c1-10-3-5-11(6-4-10)16(20)12-7-15(24(21,22)18-9-17)14(23-2)8-13(12)19/h3-8,18-19H,9,17H2,1-2H3. The zero-order chi connectivity index (χ0) is 17.9. The molecule has 24 heavy (non-hydrogen) atoms. The van der Waals surface area contributed by atoms with Crippen LogP contribution in [0.25, 0.3) is 0 Å². The third kappa shape index (κ3) is 3.56. The summed E-state index contributed by atoms with van der Waals surface area (Å²) in [5, 5.41) is 10.1. The fraction of sp³-hybridized carbons (Fsp3) is 0.188. The average Bonchev–Trinajstić information content (AvgIpc) is 2.54. The molecule has 0 aliphatic carbocycles. The first-order chi connectivity index (χ1) is 11.3. The molecule has 0 radical (unpaired) electrons. The van der Waals surface area contributed by atoms with Gasteiger partial charge in [0, 0.05) is 11.6 Å². The summed E-state index contributed by atoms with van der Waals surface area (Å²) in [6, 6.07) is 8.88. The minimum absolute atomic E-state index is 0.0890. The van der Waals surface area contributed by atoms with Crippen LogP contribution in [0, 0.1) is 6.92 Å². The highest BCUT2D eigenvalue weighted by atomic mass is 32.2. The molecular formula is C16H18N2O5S. The van der Waals surface area contributed by atoms with Gasteiger partial charge in [0.25, 0.3) is 0 Å². The van der Waals surface area contributed by atoms with Crippen molar-refractivity contribution in [2.45, 2.75) is 11.8 Å². The molecule has 0 amide bonds. The second-order valence-corrected chi connectivity index (χ2v) is 6.80. The topological polar surface area (TPSA) is 119 Å². The van der Waals surface area contributed by atoms with E-state index in [4.69, 9.17) is 10.5 Å². The molecule has 2 aromatic rings. The molecular weight excluding hydrogens is 332 g/mol. The lowest BCUT2D eigenvalue weighted by molar-refractivity contribution is 0.103. The number of methoxy groups -OCH3 is 1. The summed E-state index contributed by atoms with van der Waals surface area (Å²) in [7, 11) is -2.72. The normalized spacial score (nSPS) is 11.3. The quantitative estimate of drug-likeness (QED) is 0.531. The van der Waals surface area contributed by atoms with Gasteiger partial charge in [-0.1, -0.05) is 29.8 Å². The Balaban J connectivity index is 2.59. The zero-order valence-corrected chi connectivity index (χ0v) is 14.1. The maximum atomic E-state index is 12.6. The van der Waals surface area contributed by atoms with Crippen LogP contribution in [0.1, 0.15) is 21.5 Å². The van der Waals surface area contributed by atoms with Gasteiger partial charge in [0.05, 0.1) is 19.3 Å². The van der Waals surface area contributed by atoms with Gasteiger partial charge in [0.2, 0.25) is 10.0 Å². The molecule has 128 valence electrons. The van der Waals surface area contributed by atoms with E-state index in [-0.39, 0.29) is 28.6 Å². The Labute approximate surface area is 140 Å². The molecule has 0 bridgehead atoms. The predicted molar refractivity (Wildman–Crippen MR) is 88.6 cm³/mol. The van der Waals surface area contributed by atoms with Gasteiger partial charge in [-0.05, 0) is 13.0 Å². The maximum Gasteiger partial charge on any atom is 0.245 e. The van der Waals surface area contributed by atoms with E-state index in [2.05, 4.69) is 4.72 Å². The van der Waals surface area contributed by atoms with Crippen LogP contribution < -0.4 is 15.2 Å². The fourth-order valence-corrected chi connectivity index (χ4v) is 3.20. The molecule has 2 rings (SSSR count). The second-order valence-electron chi connectivity index (χ2n) is 5.07. The number of ketones is 1. The predicted octanol–water partition coefficient (Wildman–Crippen LogP) is 1.13. The highest BCUT2D eigenvalue weighted by Gasteiger charge is 2.24. The van der Waals surface area contributed by atoms with Crippen LogP contribution in [0.4, 0.5) is 0 Å². The smallest absolute Gasteiger partial charge is 0.245 e. The number of phenolic OH excluding ortho intramolecular Hbond substituents is 1. The minimum Gasteiger partial charge on any atom is -0.507 e. The van der Waals surface area contributed by atoms with Crippen molar-refractivity contribution in [3.8, 4) is 11.5 Å². The van der Waals surface area contributed by atoms with Crippen LogP contribution >= 0.6 is 0 Å². The summed E-state index contributed by atoms with van der Waals surface area (Å²) in [5.41, 5.74) is 6.39. The number of carbonyl (C=O) groups excluding carboxylic acids is 1. The Morgan fingerprint density at radius 1 is 1.25 bits per heavy atom. The van der Waals surface area contributed by atoms with Crippen LogP contribution in [-0.4, -0.2) is 33.1 Å². The van der Waals surface area contributed by atoms with Crippen LogP contribution in [0.2, 0.25) is 0 Å². The van der Waals surface area contributed by atoms with Crippen molar-refractivity contribution in [3.05, 3.63) is 53.1 Å². The van der Waals surface area contributed by atoms with Crippen molar-refractivity contribution < 1.29 is 23.1 Å². The molecule has 0 spiro atoms. The van der Waals surface area contributed by atoms with Crippen LogP contribution in [0.15, 0.2) is 41.3 Å². The Bertz CT molecular complexity index is 861. The Hall–Kier alpha value is -2.42. The summed E-state index contributed by atoms with van der Waals surface area (Å²) in [6.07, 6.45) is 0. The van der Waals surface area contributed by atoms with E-state index in [1.165, 1.54) is 7.11 Å². The molecule has 7 nitrogen and oxygen atoms in total. The van der Waals surface area contributed by atoms with E-state index in [1.54, 1.807) is 24.3 Å². The summed E-state index contributed by atoms with van der Waals surface area (Å²) < 4.78 is 31.5. The lowest BCUT2D eigenvalue weighted by Crippen LogP contribution is -2.30. The molecule has 0 saturated carbocycles. The third-order valence-corrected chi connectivity index (χ3v) is 4.85. The van der Waals surface area contributed by atoms with Gasteiger partial charge >= 0.3 is 0 Å². The number of nitrogens with two attached hydrogens (primary N) is 1. The van der Waals surface area contributed by atoms with Gasteiger partial charge in [-0.3, -0.25) is 4.79 Å². The van der Waals surface area contributed by atoms with Gasteiger partial charge < -0.3 is 15.6 Å². The molecule has 0 aliphatic heterocycles. The molecule has 0 heterocycles. The molecule has 0 unspecified atom stereocenters. The van der Waals surface area contributed by atoms with E-state index >= 15 is 0 Å². The van der Waals surface area contributed by atoms with Gasteiger partial charge in [-0.15, -0.1) is 0 Å². The van der Waals surface area contributed by atoms with Gasteiger partial charge in [-0.25, -0.2) is 8.42 Å². The van der Waals surface area contributed by atoms with Crippen molar-refractivity contribution >= 4 is 15.8 Å². The lowest BCUT2D eigenvalue weighted by atomic mass is 10.0. The molecule has 4 N–H and O–H groups in total. The third-order valence-electron chi connectivity index (χ3n) is 3.40. The Morgan fingerprint density at radius 3 is 2.42 bits per heavy atom. The molecule has 0 fully saturated rings. The van der Waals surface area contributed by atoms with Crippen LogP contribution in [0.5, 0.6) is 11.5 Å². The van der Waals surface area contributed by atoms with Crippen LogP contribution in [-0.2, 0) is 10.0 Å². The first-order valence-electron chi connectivity index (χ1n) is 7.02. The second kappa shape index (κ2) is 7.00. The van der Waals surface area contributed by atoms with Gasteiger partial charge in [-0.2, -0.15) is 4.72 Å². The van der Waals surface area contributed by atoms with Gasteiger partial charge in [0.15, 0.2) is 5.78 Å². The minimum atomic E-state index is -3.98. The fourth-order valence-electron chi connectivity index (χ4n) is 2.15. The lowest BCUT2D eigenvalue weighted by Gasteiger charge is -2.13. The van der Waals surface area contributed by atoms with Crippen molar-refractivity contribution in [2.75, 3.05) is 13.8 Å². The number of nitrogens with one attached hydrogen (secondary N) is 1. The Kier molecular flexibility index (Phi) is 5.23. The van der Waals surface area contributed by atoms with E-state index in [9.17, 15) is 18.3 Å². The molecule has 8 heteroatoms. The monoisotopic (exact) mass is 350 g/mol. The number of sulfonamides is 1. The number of benzene rings is 2. The number of aromatic hydroxyl groups is 1. The van der Waals surface area contributed by atoms with Crippen LogP contribution in [0.3, 0.4) is 0 Å². The highest BCUT2D eigenvalue weighted by molar-refractivity contribution is 7.89. The number of carbonyl (C=O) groups is 1. The number of rotatable bonds is 6. The van der Waals surface area contributed by atoms with Gasteiger partial charge in [0.1, 0.15) is 16.4 Å². The molecule has 0 atom stereocenters. The molecule has 2 aromatic carbocycles. The summed E-state index contributed by atoms with van der Waals surface area (Å²) >= 11 is 0. The average molecular weight is 350 g/mol. The number of hydrogen-bond acceptors (Lipinski definition) is 6. The van der Waals surface area contributed by atoms with Crippen molar-refractivity contribution in [2.24, 2.45) is 5.73 Å². The van der Waals surface area contributed by atoms with E-state index < -0.39 is 15.8 Å². The first kappa shape index (κ1) is 17.9. The number of aryl methyl sites for hydroxylation is 1. The number of phenols is 1. The molecule has 0 saturated heterocycles. The summed E-state index contributed by atoms with van der Waals surface area (Å²) in [5.74, 6) is -0.961. The Morgan fingerprint density at radius 2 is 1.88 bits per heavy atom. The zero-order valence-electron chi connectivity index (χ0n) is 13.2. The molecule has 0 aliphatic rings. The summed E-state index contributed by atoms with van der Waals surface area (Å²) in [6.45, 7) is 1.57. The van der Waals surface area contributed by atoms with E-state index in [1.807, 2.05) is 6.92 Å². The highest BCUT2D eigenvalue weighted by Crippen LogP contribution is 2.32. The maximum absolute atomic E-state index is 12.6. The van der Waals surface area contributed by atoms with E-state index in [0.29, 0.717) is 5.56 Å². The SMILES string of the molecule is COc1cc(O)c(C(=O)c2ccc(C)cc2)cc1S(=O)(=O)NCN. The number of ether oxygens (including phenoxy) is 1. The number of hydrogen-bond donors (Lipinski definition) is 3. The van der Waals surface area contributed by atoms with Crippen molar-refractivity contribution in [1.29, 1.82) is 0 Å². The van der Waals surface area contributed by atoms with E-state index in [0.717, 1.165) is 17.7 Å². The van der Waals surface area contributed by atoms with Crippen molar-refractivity contribution in [3.63, 3.8) is 0 Å². The first-order valence-corrected chi connectivity index (χ1v) is 8.50. The largest absolute Gasteiger partial charge is 0.507 e. The summed E-state index contributed by atoms with van der Waals surface area (Å²) in [4.78, 5) is 12.3.